The molecule has 0 saturated heterocycles. The van der Waals surface area contributed by atoms with Gasteiger partial charge in [0, 0.05) is 9.90 Å². The topological polar surface area (TPSA) is 71.5 Å². The first kappa shape index (κ1) is 18.2. The Hall–Kier alpha value is -2.57. The highest BCUT2D eigenvalue weighted by Gasteiger charge is 2.12. The molecule has 0 aliphatic rings. The standard InChI is InChI=1S/C19H17ClN2O3S/c1-12-17(9-10-18(23)24)26-19(21-12)22-15-11-13(20)7-8-16(15)25-14-5-3-2-4-6-14/h2-8,11H,9-10H2,1H3,(H,21,22)(H,23,24). The quantitative estimate of drug-likeness (QED) is 0.546. The third-order valence-electron chi connectivity index (χ3n) is 3.61. The van der Waals surface area contributed by atoms with E-state index in [1.54, 1.807) is 18.2 Å². The molecule has 0 saturated carbocycles. The van der Waals surface area contributed by atoms with Crippen LogP contribution < -0.4 is 10.1 Å². The Balaban J connectivity index is 1.82. The molecule has 0 spiro atoms. The Morgan fingerprint density at radius 1 is 1.27 bits per heavy atom. The number of aryl methyl sites for hydroxylation is 2. The maximum absolute atomic E-state index is 10.8. The molecule has 0 amide bonds. The van der Waals surface area contributed by atoms with Crippen LogP contribution in [0.3, 0.4) is 0 Å². The third kappa shape index (κ3) is 4.74. The number of nitrogens with one attached hydrogen (secondary N) is 1. The molecule has 0 atom stereocenters. The molecule has 3 aromatic rings. The van der Waals surface area contributed by atoms with E-state index in [2.05, 4.69) is 10.3 Å². The minimum Gasteiger partial charge on any atom is -0.481 e. The predicted octanol–water partition coefficient (Wildman–Crippen LogP) is 5.66. The Labute approximate surface area is 160 Å². The zero-order chi connectivity index (χ0) is 18.5. The molecule has 26 heavy (non-hydrogen) atoms. The Morgan fingerprint density at radius 3 is 2.77 bits per heavy atom. The largest absolute Gasteiger partial charge is 0.481 e. The Kier molecular flexibility index (Phi) is 5.75. The first-order chi connectivity index (χ1) is 12.5. The number of hydrogen-bond donors (Lipinski definition) is 2. The Bertz CT molecular complexity index is 912. The highest BCUT2D eigenvalue weighted by atomic mass is 35.5. The lowest BCUT2D eigenvalue weighted by atomic mass is 10.2. The number of ether oxygens (including phenoxy) is 1. The lowest BCUT2D eigenvalue weighted by Crippen LogP contribution is -1.96. The van der Waals surface area contributed by atoms with E-state index < -0.39 is 5.97 Å². The molecule has 2 aromatic carbocycles. The summed E-state index contributed by atoms with van der Waals surface area (Å²) >= 11 is 7.56. The molecule has 0 bridgehead atoms. The van der Waals surface area contributed by atoms with Crippen LogP contribution in [0, 0.1) is 6.92 Å². The van der Waals surface area contributed by atoms with Gasteiger partial charge in [-0.3, -0.25) is 4.79 Å². The van der Waals surface area contributed by atoms with Crippen molar-refractivity contribution in [2.24, 2.45) is 0 Å². The van der Waals surface area contributed by atoms with E-state index in [1.165, 1.54) is 11.3 Å². The van der Waals surface area contributed by atoms with E-state index in [-0.39, 0.29) is 6.42 Å². The fourth-order valence-corrected chi connectivity index (χ4v) is 3.50. The molecule has 2 N–H and O–H groups in total. The van der Waals surface area contributed by atoms with Crippen LogP contribution in [0.4, 0.5) is 10.8 Å². The van der Waals surface area contributed by atoms with Crippen molar-refractivity contribution in [1.29, 1.82) is 0 Å². The van der Waals surface area contributed by atoms with Gasteiger partial charge in [0.25, 0.3) is 0 Å². The monoisotopic (exact) mass is 388 g/mol. The second kappa shape index (κ2) is 8.21. The number of carbonyl (C=O) groups is 1. The van der Waals surface area contributed by atoms with E-state index in [9.17, 15) is 4.79 Å². The summed E-state index contributed by atoms with van der Waals surface area (Å²) in [6.07, 6.45) is 0.547. The summed E-state index contributed by atoms with van der Waals surface area (Å²) in [5.41, 5.74) is 1.52. The number of carboxylic acids is 1. The highest BCUT2D eigenvalue weighted by Crippen LogP contribution is 2.35. The van der Waals surface area contributed by atoms with Crippen LogP contribution in [-0.2, 0) is 11.2 Å². The van der Waals surface area contributed by atoms with Crippen LogP contribution in [0.5, 0.6) is 11.5 Å². The molecule has 1 heterocycles. The van der Waals surface area contributed by atoms with Gasteiger partial charge in [0.2, 0.25) is 0 Å². The lowest BCUT2D eigenvalue weighted by Gasteiger charge is -2.12. The van der Waals surface area contributed by atoms with Crippen LogP contribution in [-0.4, -0.2) is 16.1 Å². The number of nitrogens with zero attached hydrogens (tertiary/aromatic N) is 1. The van der Waals surface area contributed by atoms with E-state index in [4.69, 9.17) is 21.4 Å². The lowest BCUT2D eigenvalue weighted by molar-refractivity contribution is -0.136. The van der Waals surface area contributed by atoms with Crippen molar-refractivity contribution in [2.75, 3.05) is 5.32 Å². The molecular weight excluding hydrogens is 372 g/mol. The molecule has 134 valence electrons. The molecule has 7 heteroatoms. The maximum Gasteiger partial charge on any atom is 0.303 e. The maximum atomic E-state index is 10.8. The number of aromatic nitrogens is 1. The van der Waals surface area contributed by atoms with E-state index >= 15 is 0 Å². The van der Waals surface area contributed by atoms with E-state index in [0.29, 0.717) is 28.0 Å². The van der Waals surface area contributed by atoms with Gasteiger partial charge in [-0.2, -0.15) is 0 Å². The average molecular weight is 389 g/mol. The van der Waals surface area contributed by atoms with Gasteiger partial charge in [-0.05, 0) is 43.7 Å². The zero-order valence-electron chi connectivity index (χ0n) is 14.0. The molecule has 0 unspecified atom stereocenters. The number of rotatable bonds is 7. The first-order valence-corrected chi connectivity index (χ1v) is 9.18. The van der Waals surface area contributed by atoms with Crippen molar-refractivity contribution in [3.8, 4) is 11.5 Å². The fraction of sp³-hybridized carbons (Fsp3) is 0.158. The van der Waals surface area contributed by atoms with Gasteiger partial charge < -0.3 is 15.2 Å². The zero-order valence-corrected chi connectivity index (χ0v) is 15.6. The van der Waals surface area contributed by atoms with Crippen molar-refractivity contribution < 1.29 is 14.6 Å². The van der Waals surface area contributed by atoms with E-state index in [1.807, 2.05) is 37.3 Å². The fourth-order valence-electron chi connectivity index (χ4n) is 2.35. The number of para-hydroxylation sites is 1. The number of carboxylic acid groups (broad SMARTS) is 1. The number of halogens is 1. The number of thiazole rings is 1. The summed E-state index contributed by atoms with van der Waals surface area (Å²) in [7, 11) is 0. The number of benzene rings is 2. The van der Waals surface area contributed by atoms with Crippen molar-refractivity contribution in [2.45, 2.75) is 19.8 Å². The van der Waals surface area contributed by atoms with Gasteiger partial charge >= 0.3 is 5.97 Å². The second-order valence-corrected chi connectivity index (χ2v) is 7.12. The summed E-state index contributed by atoms with van der Waals surface area (Å²) in [4.78, 5) is 16.2. The van der Waals surface area contributed by atoms with Crippen molar-refractivity contribution >= 4 is 39.7 Å². The molecule has 3 rings (SSSR count). The first-order valence-electron chi connectivity index (χ1n) is 7.99. The van der Waals surface area contributed by atoms with Gasteiger partial charge in [-0.25, -0.2) is 4.98 Å². The van der Waals surface area contributed by atoms with Gasteiger partial charge in [-0.15, -0.1) is 11.3 Å². The minimum atomic E-state index is -0.819. The van der Waals surface area contributed by atoms with Gasteiger partial charge in [0.15, 0.2) is 10.9 Å². The molecule has 0 fully saturated rings. The summed E-state index contributed by atoms with van der Waals surface area (Å²) in [5, 5.41) is 13.3. The van der Waals surface area contributed by atoms with Crippen molar-refractivity contribution in [3.63, 3.8) is 0 Å². The SMILES string of the molecule is Cc1nc(Nc2cc(Cl)ccc2Oc2ccccc2)sc1CCC(=O)O. The van der Waals surface area contributed by atoms with Crippen LogP contribution >= 0.6 is 22.9 Å². The molecule has 0 aliphatic carbocycles. The summed E-state index contributed by atoms with van der Waals surface area (Å²) in [6.45, 7) is 1.87. The molecular formula is C19H17ClN2O3S. The molecule has 0 radical (unpaired) electrons. The molecule has 5 nitrogen and oxygen atoms in total. The summed E-state index contributed by atoms with van der Waals surface area (Å²) < 4.78 is 5.93. The Morgan fingerprint density at radius 2 is 2.04 bits per heavy atom. The van der Waals surface area contributed by atoms with Crippen LogP contribution in [0.25, 0.3) is 0 Å². The van der Waals surface area contributed by atoms with Crippen LogP contribution in [0.1, 0.15) is 17.0 Å². The number of hydrogen-bond acceptors (Lipinski definition) is 5. The number of anilines is 2. The van der Waals surface area contributed by atoms with Gasteiger partial charge in [0.05, 0.1) is 17.8 Å². The molecule has 1 aromatic heterocycles. The average Bonchev–Trinajstić information content (AvgIpc) is 2.96. The normalized spacial score (nSPS) is 10.5. The smallest absolute Gasteiger partial charge is 0.303 e. The second-order valence-electron chi connectivity index (χ2n) is 5.60. The molecule has 0 aliphatic heterocycles. The van der Waals surface area contributed by atoms with Crippen LogP contribution in [0.15, 0.2) is 48.5 Å². The van der Waals surface area contributed by atoms with Crippen molar-refractivity contribution in [3.05, 3.63) is 64.1 Å². The van der Waals surface area contributed by atoms with Crippen LogP contribution in [0.2, 0.25) is 5.02 Å². The third-order valence-corrected chi connectivity index (χ3v) is 4.98. The van der Waals surface area contributed by atoms with Crippen molar-refractivity contribution in [1.82, 2.24) is 4.98 Å². The van der Waals surface area contributed by atoms with Gasteiger partial charge in [-0.1, -0.05) is 29.8 Å². The summed E-state index contributed by atoms with van der Waals surface area (Å²) in [5.74, 6) is 0.525. The number of aliphatic carboxylic acids is 1. The van der Waals surface area contributed by atoms with Gasteiger partial charge in [0.1, 0.15) is 5.75 Å². The predicted molar refractivity (Wildman–Crippen MR) is 104 cm³/mol. The minimum absolute atomic E-state index is 0.0853. The van der Waals surface area contributed by atoms with E-state index in [0.717, 1.165) is 16.3 Å². The summed E-state index contributed by atoms with van der Waals surface area (Å²) in [6, 6.07) is 14.8. The highest BCUT2D eigenvalue weighted by molar-refractivity contribution is 7.15.